The van der Waals surface area contributed by atoms with Gasteiger partial charge in [0.2, 0.25) is 0 Å². The molecule has 1 amide bonds. The maximum atomic E-state index is 12.9. The van der Waals surface area contributed by atoms with Crippen molar-refractivity contribution in [3.63, 3.8) is 0 Å². The fraction of sp³-hybridized carbons (Fsp3) is 0.444. The normalized spacial score (nSPS) is 16.0. The molecule has 0 unspecified atom stereocenters. The Morgan fingerprint density at radius 3 is 2.70 bits per heavy atom. The number of nitrogens with one attached hydrogen (secondary N) is 2. The van der Waals surface area contributed by atoms with Crippen LogP contribution in [0, 0.1) is 12.8 Å². The molecule has 2 heterocycles. The number of carbonyl (C=O) groups is 1. The molecule has 2 aromatic carbocycles. The van der Waals surface area contributed by atoms with Crippen molar-refractivity contribution in [1.29, 1.82) is 0 Å². The largest absolute Gasteiger partial charge is 0.491 e. The van der Waals surface area contributed by atoms with E-state index in [1.54, 1.807) is 12.1 Å². The van der Waals surface area contributed by atoms with Gasteiger partial charge in [0, 0.05) is 42.5 Å². The lowest BCUT2D eigenvalue weighted by Crippen LogP contribution is -2.20. The number of aryl methyl sites for hydroxylation is 2. The number of fused-ring (bicyclic) bond motifs is 1. The number of carbonyl (C=O) groups excluding carboxylic acids is 1. The average molecular weight is 450 g/mol. The number of rotatable bonds is 9. The van der Waals surface area contributed by atoms with Crippen LogP contribution < -0.4 is 15.4 Å². The van der Waals surface area contributed by atoms with E-state index >= 15 is 0 Å². The Labute approximate surface area is 196 Å². The predicted molar refractivity (Wildman–Crippen MR) is 133 cm³/mol. The lowest BCUT2D eigenvalue weighted by molar-refractivity contribution is 0.0679. The first kappa shape index (κ1) is 23.3. The first-order valence-electron chi connectivity index (χ1n) is 11.9. The minimum Gasteiger partial charge on any atom is -0.491 e. The highest BCUT2D eigenvalue weighted by Gasteiger charge is 2.17. The quantitative estimate of drug-likeness (QED) is 0.480. The lowest BCUT2D eigenvalue weighted by atomic mass is 10.1. The third-order valence-electron chi connectivity index (χ3n) is 6.23. The number of anilines is 1. The zero-order valence-corrected chi connectivity index (χ0v) is 20.1. The summed E-state index contributed by atoms with van der Waals surface area (Å²) in [6.45, 7) is 9.66. The smallest absolute Gasteiger partial charge is 0.255 e. The van der Waals surface area contributed by atoms with Gasteiger partial charge in [-0.15, -0.1) is 0 Å². The second-order valence-corrected chi connectivity index (χ2v) is 9.32. The third-order valence-corrected chi connectivity index (χ3v) is 6.23. The summed E-state index contributed by atoms with van der Waals surface area (Å²) in [7, 11) is 2.09. The summed E-state index contributed by atoms with van der Waals surface area (Å²) in [5, 5.41) is 7.78. The van der Waals surface area contributed by atoms with Crippen LogP contribution in [0.15, 0.2) is 42.5 Å². The van der Waals surface area contributed by atoms with E-state index in [1.165, 1.54) is 11.1 Å². The molecule has 1 aliphatic rings. The second-order valence-electron chi connectivity index (χ2n) is 9.32. The van der Waals surface area contributed by atoms with E-state index in [0.29, 0.717) is 18.1 Å². The summed E-state index contributed by atoms with van der Waals surface area (Å²) < 4.78 is 13.6. The van der Waals surface area contributed by atoms with E-state index in [9.17, 15) is 4.79 Å². The summed E-state index contributed by atoms with van der Waals surface area (Å²) in [6, 6.07) is 13.6. The van der Waals surface area contributed by atoms with Crippen molar-refractivity contribution in [2.75, 3.05) is 25.1 Å². The topological polar surface area (TPSA) is 64.5 Å². The molecule has 176 valence electrons. The fourth-order valence-electron chi connectivity index (χ4n) is 4.36. The zero-order valence-electron chi connectivity index (χ0n) is 20.1. The van der Waals surface area contributed by atoms with Gasteiger partial charge in [-0.3, -0.25) is 4.79 Å². The van der Waals surface area contributed by atoms with Crippen LogP contribution in [0.4, 0.5) is 5.69 Å². The van der Waals surface area contributed by atoms with Crippen LogP contribution in [0.2, 0.25) is 0 Å². The van der Waals surface area contributed by atoms with Crippen LogP contribution in [0.5, 0.6) is 5.75 Å². The zero-order chi connectivity index (χ0) is 23.4. The van der Waals surface area contributed by atoms with Crippen LogP contribution in [-0.4, -0.2) is 36.3 Å². The molecule has 3 aromatic rings. The van der Waals surface area contributed by atoms with Crippen molar-refractivity contribution < 1.29 is 14.3 Å². The molecule has 0 aliphatic carbocycles. The Balaban J connectivity index is 1.42. The molecule has 0 bridgehead atoms. The Bertz CT molecular complexity index is 1100. The van der Waals surface area contributed by atoms with E-state index in [0.717, 1.165) is 55.1 Å². The highest BCUT2D eigenvalue weighted by molar-refractivity contribution is 6.06. The SMILES string of the molecule is Cc1c(NC(=O)c2ccc(OC[C@@H]3CCCO3)cc2)ccc2cc(CNCC(C)C)n(C)c12. The average Bonchev–Trinajstić information content (AvgIpc) is 3.43. The van der Waals surface area contributed by atoms with Gasteiger partial charge in [0.05, 0.1) is 11.6 Å². The molecule has 0 spiro atoms. The lowest BCUT2D eigenvalue weighted by Gasteiger charge is -2.13. The molecular weight excluding hydrogens is 414 g/mol. The maximum Gasteiger partial charge on any atom is 0.255 e. The Hall–Kier alpha value is -2.83. The van der Waals surface area contributed by atoms with Gasteiger partial charge in [-0.25, -0.2) is 0 Å². The molecule has 6 nitrogen and oxygen atoms in total. The number of aromatic nitrogens is 1. The molecule has 0 radical (unpaired) electrons. The van der Waals surface area contributed by atoms with Gasteiger partial charge in [0.25, 0.3) is 5.91 Å². The van der Waals surface area contributed by atoms with Crippen molar-refractivity contribution in [1.82, 2.24) is 9.88 Å². The highest BCUT2D eigenvalue weighted by Crippen LogP contribution is 2.28. The van der Waals surface area contributed by atoms with Crippen LogP contribution in [0.3, 0.4) is 0 Å². The molecular formula is C27H35N3O3. The van der Waals surface area contributed by atoms with Crippen LogP contribution >= 0.6 is 0 Å². The van der Waals surface area contributed by atoms with Crippen LogP contribution in [0.25, 0.3) is 10.9 Å². The van der Waals surface area contributed by atoms with Crippen molar-refractivity contribution >= 4 is 22.5 Å². The van der Waals surface area contributed by atoms with Gasteiger partial charge in [-0.1, -0.05) is 19.9 Å². The molecule has 1 atom stereocenters. The molecule has 33 heavy (non-hydrogen) atoms. The summed E-state index contributed by atoms with van der Waals surface area (Å²) in [5.74, 6) is 1.24. The van der Waals surface area contributed by atoms with Crippen molar-refractivity contribution in [3.8, 4) is 5.75 Å². The van der Waals surface area contributed by atoms with Gasteiger partial charge in [-0.05, 0) is 74.2 Å². The Morgan fingerprint density at radius 2 is 2.00 bits per heavy atom. The van der Waals surface area contributed by atoms with E-state index < -0.39 is 0 Å². The molecule has 2 N–H and O–H groups in total. The summed E-state index contributed by atoms with van der Waals surface area (Å²) in [4.78, 5) is 12.9. The first-order valence-corrected chi connectivity index (χ1v) is 11.9. The molecule has 0 saturated carbocycles. The summed E-state index contributed by atoms with van der Waals surface area (Å²) >= 11 is 0. The molecule has 1 fully saturated rings. The number of nitrogens with zero attached hydrogens (tertiary/aromatic N) is 1. The van der Waals surface area contributed by atoms with Crippen molar-refractivity contribution in [3.05, 3.63) is 59.3 Å². The molecule has 1 aliphatic heterocycles. The third kappa shape index (κ3) is 5.57. The van der Waals surface area contributed by atoms with Crippen molar-refractivity contribution in [2.45, 2.75) is 46.3 Å². The number of hydrogen-bond donors (Lipinski definition) is 2. The second kappa shape index (κ2) is 10.4. The van der Waals surface area contributed by atoms with Gasteiger partial charge in [0.1, 0.15) is 12.4 Å². The fourth-order valence-corrected chi connectivity index (χ4v) is 4.36. The monoisotopic (exact) mass is 449 g/mol. The standard InChI is InChI=1S/C27H35N3O3/c1-18(2)15-28-16-22-14-21-9-12-25(19(3)26(21)30(22)4)29-27(31)20-7-10-23(11-8-20)33-17-24-6-5-13-32-24/h7-12,14,18,24,28H,5-6,13,15-17H2,1-4H3,(H,29,31)/t24-/m0/s1. The first-order chi connectivity index (χ1) is 15.9. The van der Waals surface area contributed by atoms with E-state index in [1.807, 2.05) is 18.2 Å². The number of amides is 1. The minimum absolute atomic E-state index is 0.129. The van der Waals surface area contributed by atoms with Crippen LogP contribution in [0.1, 0.15) is 48.3 Å². The molecule has 1 saturated heterocycles. The van der Waals surface area contributed by atoms with Crippen LogP contribution in [-0.2, 0) is 18.3 Å². The maximum absolute atomic E-state index is 12.9. The van der Waals surface area contributed by atoms with E-state index in [2.05, 4.69) is 55.2 Å². The summed E-state index contributed by atoms with van der Waals surface area (Å²) in [5.41, 5.74) is 4.87. The predicted octanol–water partition coefficient (Wildman–Crippen LogP) is 5.04. The number of hydrogen-bond acceptors (Lipinski definition) is 4. The highest BCUT2D eigenvalue weighted by atomic mass is 16.5. The van der Waals surface area contributed by atoms with Gasteiger partial charge >= 0.3 is 0 Å². The Kier molecular flexibility index (Phi) is 7.36. The van der Waals surface area contributed by atoms with Gasteiger partial charge in [0.15, 0.2) is 0 Å². The molecule has 4 rings (SSSR count). The van der Waals surface area contributed by atoms with E-state index in [4.69, 9.17) is 9.47 Å². The minimum atomic E-state index is -0.129. The number of ether oxygens (including phenoxy) is 2. The van der Waals surface area contributed by atoms with Crippen molar-refractivity contribution in [2.24, 2.45) is 13.0 Å². The van der Waals surface area contributed by atoms with E-state index in [-0.39, 0.29) is 12.0 Å². The Morgan fingerprint density at radius 1 is 1.21 bits per heavy atom. The molecule has 6 heteroatoms. The number of benzene rings is 2. The van der Waals surface area contributed by atoms with Gasteiger partial charge in [-0.2, -0.15) is 0 Å². The molecule has 1 aromatic heterocycles. The van der Waals surface area contributed by atoms with Gasteiger partial charge < -0.3 is 24.7 Å². The summed E-state index contributed by atoms with van der Waals surface area (Å²) in [6.07, 6.45) is 2.31.